The van der Waals surface area contributed by atoms with Crippen LogP contribution in [0.15, 0.2) is 16.9 Å². The highest BCUT2D eigenvalue weighted by atomic mass is 16.2. The number of hydrogen-bond acceptors (Lipinski definition) is 3. The van der Waals surface area contributed by atoms with E-state index in [1.165, 1.54) is 4.57 Å². The zero-order valence-corrected chi connectivity index (χ0v) is 11.4. The standard InChI is InChI=1S/C13H21N3O2/c1-9-5-6-10(7-14)12(18)16(9)8-11(17)15-13(2,3)4/h5-6H,7-8,14H2,1-4H3,(H,15,17). The van der Waals surface area contributed by atoms with Crippen molar-refractivity contribution in [2.75, 3.05) is 0 Å². The van der Waals surface area contributed by atoms with E-state index in [1.54, 1.807) is 19.1 Å². The molecule has 0 aliphatic carbocycles. The third-order valence-electron chi connectivity index (χ3n) is 2.51. The van der Waals surface area contributed by atoms with Gasteiger partial charge in [0.15, 0.2) is 0 Å². The summed E-state index contributed by atoms with van der Waals surface area (Å²) in [5.41, 5.74) is 6.26. The second kappa shape index (κ2) is 5.35. The molecule has 5 nitrogen and oxygen atoms in total. The van der Waals surface area contributed by atoms with Gasteiger partial charge >= 0.3 is 0 Å². The van der Waals surface area contributed by atoms with E-state index in [1.807, 2.05) is 20.8 Å². The topological polar surface area (TPSA) is 77.1 Å². The van der Waals surface area contributed by atoms with Crippen LogP contribution in [0, 0.1) is 6.92 Å². The molecule has 0 saturated heterocycles. The van der Waals surface area contributed by atoms with Gasteiger partial charge in [0.05, 0.1) is 0 Å². The molecule has 5 heteroatoms. The van der Waals surface area contributed by atoms with Gasteiger partial charge in [-0.25, -0.2) is 0 Å². The minimum absolute atomic E-state index is 0.0236. The van der Waals surface area contributed by atoms with Crippen LogP contribution in [0.3, 0.4) is 0 Å². The molecule has 0 atom stereocenters. The Bertz CT molecular complexity index is 498. The van der Waals surface area contributed by atoms with Crippen LogP contribution in [-0.4, -0.2) is 16.0 Å². The maximum absolute atomic E-state index is 12.0. The van der Waals surface area contributed by atoms with Gasteiger partial charge in [-0.3, -0.25) is 9.59 Å². The van der Waals surface area contributed by atoms with Crippen molar-refractivity contribution in [3.8, 4) is 0 Å². The lowest BCUT2D eigenvalue weighted by molar-refractivity contribution is -0.123. The molecule has 1 rings (SSSR count). The smallest absolute Gasteiger partial charge is 0.255 e. The van der Waals surface area contributed by atoms with E-state index in [2.05, 4.69) is 5.32 Å². The van der Waals surface area contributed by atoms with Crippen LogP contribution in [-0.2, 0) is 17.9 Å². The monoisotopic (exact) mass is 251 g/mol. The molecular weight excluding hydrogens is 230 g/mol. The first-order chi connectivity index (χ1) is 8.24. The Balaban J connectivity index is 2.98. The summed E-state index contributed by atoms with van der Waals surface area (Å²) in [6, 6.07) is 3.50. The Labute approximate surface area is 107 Å². The molecule has 0 aliphatic heterocycles. The lowest BCUT2D eigenvalue weighted by atomic mass is 10.1. The third-order valence-corrected chi connectivity index (χ3v) is 2.51. The van der Waals surface area contributed by atoms with Crippen LogP contribution in [0.2, 0.25) is 0 Å². The highest BCUT2D eigenvalue weighted by Crippen LogP contribution is 2.01. The van der Waals surface area contributed by atoms with Crippen molar-refractivity contribution in [1.29, 1.82) is 0 Å². The third kappa shape index (κ3) is 3.70. The van der Waals surface area contributed by atoms with Gasteiger partial charge in [-0.15, -0.1) is 0 Å². The van der Waals surface area contributed by atoms with Gasteiger partial charge in [-0.05, 0) is 33.8 Å². The van der Waals surface area contributed by atoms with E-state index in [9.17, 15) is 9.59 Å². The van der Waals surface area contributed by atoms with Gasteiger partial charge in [0.25, 0.3) is 5.56 Å². The molecule has 0 spiro atoms. The van der Waals surface area contributed by atoms with Crippen LogP contribution in [0.4, 0.5) is 0 Å². The molecule has 1 heterocycles. The number of amides is 1. The van der Waals surface area contributed by atoms with Gasteiger partial charge in [-0.2, -0.15) is 0 Å². The molecule has 0 aromatic carbocycles. The molecule has 3 N–H and O–H groups in total. The Morgan fingerprint density at radius 1 is 1.39 bits per heavy atom. The minimum atomic E-state index is -0.305. The summed E-state index contributed by atoms with van der Waals surface area (Å²) < 4.78 is 1.45. The molecule has 0 fully saturated rings. The second-order valence-electron chi connectivity index (χ2n) is 5.39. The summed E-state index contributed by atoms with van der Waals surface area (Å²) in [5.74, 6) is -0.179. The van der Waals surface area contributed by atoms with E-state index in [-0.39, 0.29) is 30.1 Å². The SMILES string of the molecule is Cc1ccc(CN)c(=O)n1CC(=O)NC(C)(C)C. The van der Waals surface area contributed by atoms with Crippen molar-refractivity contribution in [3.63, 3.8) is 0 Å². The molecule has 18 heavy (non-hydrogen) atoms. The van der Waals surface area contributed by atoms with E-state index in [0.29, 0.717) is 5.56 Å². The van der Waals surface area contributed by atoms with Gasteiger partial charge < -0.3 is 15.6 Å². The minimum Gasteiger partial charge on any atom is -0.350 e. The molecule has 100 valence electrons. The summed E-state index contributed by atoms with van der Waals surface area (Å²) in [7, 11) is 0. The van der Waals surface area contributed by atoms with Gasteiger partial charge in [0, 0.05) is 23.3 Å². The fraction of sp³-hybridized carbons (Fsp3) is 0.538. The molecular formula is C13H21N3O2. The maximum Gasteiger partial charge on any atom is 0.255 e. The highest BCUT2D eigenvalue weighted by molar-refractivity contribution is 5.76. The number of aryl methyl sites for hydroxylation is 1. The largest absolute Gasteiger partial charge is 0.350 e. The molecule has 1 aromatic heterocycles. The van der Waals surface area contributed by atoms with E-state index in [0.717, 1.165) is 5.69 Å². The number of carbonyl (C=O) groups is 1. The number of nitrogens with two attached hydrogens (primary N) is 1. The second-order valence-corrected chi connectivity index (χ2v) is 5.39. The number of nitrogens with one attached hydrogen (secondary N) is 1. The molecule has 0 saturated carbocycles. The van der Waals surface area contributed by atoms with E-state index < -0.39 is 0 Å². The van der Waals surface area contributed by atoms with E-state index >= 15 is 0 Å². The van der Waals surface area contributed by atoms with Crippen molar-refractivity contribution in [2.24, 2.45) is 5.73 Å². The molecule has 0 unspecified atom stereocenters. The van der Waals surface area contributed by atoms with Crippen LogP contribution >= 0.6 is 0 Å². The quantitative estimate of drug-likeness (QED) is 0.822. The summed E-state index contributed by atoms with van der Waals surface area (Å²) in [6.45, 7) is 7.70. The average Bonchev–Trinajstić information content (AvgIpc) is 2.22. The van der Waals surface area contributed by atoms with Gasteiger partial charge in [0.2, 0.25) is 5.91 Å². The normalized spacial score (nSPS) is 11.4. The van der Waals surface area contributed by atoms with E-state index in [4.69, 9.17) is 5.73 Å². The fourth-order valence-corrected chi connectivity index (χ4v) is 1.67. The lowest BCUT2D eigenvalue weighted by Crippen LogP contribution is -2.44. The van der Waals surface area contributed by atoms with Crippen molar-refractivity contribution in [3.05, 3.63) is 33.7 Å². The molecule has 0 aliphatic rings. The van der Waals surface area contributed by atoms with Crippen molar-refractivity contribution in [1.82, 2.24) is 9.88 Å². The number of carbonyl (C=O) groups excluding carboxylic acids is 1. The Kier molecular flexibility index (Phi) is 4.29. The summed E-state index contributed by atoms with van der Waals surface area (Å²) in [6.07, 6.45) is 0. The van der Waals surface area contributed by atoms with Crippen LogP contribution in [0.25, 0.3) is 0 Å². The van der Waals surface area contributed by atoms with Gasteiger partial charge in [-0.1, -0.05) is 6.07 Å². The van der Waals surface area contributed by atoms with Crippen LogP contribution in [0.5, 0.6) is 0 Å². The Morgan fingerprint density at radius 2 is 2.00 bits per heavy atom. The highest BCUT2D eigenvalue weighted by Gasteiger charge is 2.15. The number of pyridine rings is 1. The molecule has 1 amide bonds. The number of rotatable bonds is 3. The average molecular weight is 251 g/mol. The maximum atomic E-state index is 12.0. The van der Waals surface area contributed by atoms with Crippen molar-refractivity contribution >= 4 is 5.91 Å². The van der Waals surface area contributed by atoms with Crippen molar-refractivity contribution < 1.29 is 4.79 Å². The van der Waals surface area contributed by atoms with Crippen LogP contribution in [0.1, 0.15) is 32.0 Å². The predicted molar refractivity (Wildman–Crippen MR) is 71.2 cm³/mol. The summed E-state index contributed by atoms with van der Waals surface area (Å²) in [5, 5.41) is 2.83. The predicted octanol–water partition coefficient (Wildman–Crippen LogP) is 0.530. The zero-order chi connectivity index (χ0) is 13.9. The van der Waals surface area contributed by atoms with Gasteiger partial charge in [0.1, 0.15) is 6.54 Å². The first kappa shape index (κ1) is 14.4. The summed E-state index contributed by atoms with van der Waals surface area (Å²) >= 11 is 0. The molecule has 1 aromatic rings. The lowest BCUT2D eigenvalue weighted by Gasteiger charge is -2.21. The first-order valence-electron chi connectivity index (χ1n) is 5.95. The zero-order valence-electron chi connectivity index (χ0n) is 11.4. The number of aromatic nitrogens is 1. The number of hydrogen-bond donors (Lipinski definition) is 2. The Hall–Kier alpha value is -1.62. The first-order valence-corrected chi connectivity index (χ1v) is 5.95. The summed E-state index contributed by atoms with van der Waals surface area (Å²) in [4.78, 5) is 23.9. The fourth-order valence-electron chi connectivity index (χ4n) is 1.67. The Morgan fingerprint density at radius 3 is 2.50 bits per heavy atom. The number of nitrogens with zero attached hydrogens (tertiary/aromatic N) is 1. The van der Waals surface area contributed by atoms with Crippen molar-refractivity contribution in [2.45, 2.75) is 46.3 Å². The molecule has 0 bridgehead atoms. The van der Waals surface area contributed by atoms with Crippen LogP contribution < -0.4 is 16.6 Å². The molecule has 0 radical (unpaired) electrons.